The molecule has 3 N–H and O–H groups in total. The first-order valence-electron chi connectivity index (χ1n) is 6.20. The highest BCUT2D eigenvalue weighted by Crippen LogP contribution is 2.08. The van der Waals surface area contributed by atoms with Gasteiger partial charge in [0.15, 0.2) is 0 Å². The van der Waals surface area contributed by atoms with E-state index in [0.717, 1.165) is 5.56 Å². The van der Waals surface area contributed by atoms with Crippen LogP contribution in [-0.4, -0.2) is 35.2 Å². The second kappa shape index (κ2) is 7.32. The highest BCUT2D eigenvalue weighted by molar-refractivity contribution is 5.82. The van der Waals surface area contributed by atoms with Crippen LogP contribution in [0.25, 0.3) is 0 Å². The van der Waals surface area contributed by atoms with E-state index in [2.05, 4.69) is 15.6 Å². The number of methoxy groups -OCH3 is 1. The Kier molecular flexibility index (Phi) is 5.76. The van der Waals surface area contributed by atoms with Crippen LogP contribution in [0.2, 0.25) is 0 Å². The standard InChI is InChI=1S/C13H19N3O4/c1-8(2)11(12(17)18)16-13(19)15-7-9-4-5-14-10(6-9)20-3/h4-6,8,11H,7H2,1-3H3,(H,17,18)(H2,15,16,19)/t11-/m1/s1. The summed E-state index contributed by atoms with van der Waals surface area (Å²) >= 11 is 0. The predicted octanol–water partition coefficient (Wildman–Crippen LogP) is 0.999. The van der Waals surface area contributed by atoms with Crippen LogP contribution in [0.15, 0.2) is 18.3 Å². The number of carboxylic acids is 1. The van der Waals surface area contributed by atoms with Crippen LogP contribution in [0.1, 0.15) is 19.4 Å². The molecule has 0 spiro atoms. The third-order valence-electron chi connectivity index (χ3n) is 2.68. The van der Waals surface area contributed by atoms with Gasteiger partial charge in [0, 0.05) is 18.8 Å². The van der Waals surface area contributed by atoms with E-state index < -0.39 is 18.0 Å². The van der Waals surface area contributed by atoms with Crippen molar-refractivity contribution < 1.29 is 19.4 Å². The number of urea groups is 1. The fourth-order valence-corrected chi connectivity index (χ4v) is 1.56. The molecule has 1 heterocycles. The van der Waals surface area contributed by atoms with Crippen LogP contribution < -0.4 is 15.4 Å². The number of carboxylic acid groups (broad SMARTS) is 1. The molecule has 0 aliphatic rings. The van der Waals surface area contributed by atoms with Crippen molar-refractivity contribution in [3.8, 4) is 5.88 Å². The summed E-state index contributed by atoms with van der Waals surface area (Å²) in [6.07, 6.45) is 1.57. The molecule has 7 heteroatoms. The summed E-state index contributed by atoms with van der Waals surface area (Å²) in [5.41, 5.74) is 0.809. The van der Waals surface area contributed by atoms with Gasteiger partial charge < -0.3 is 20.5 Å². The van der Waals surface area contributed by atoms with E-state index in [1.807, 2.05) is 0 Å². The summed E-state index contributed by atoms with van der Waals surface area (Å²) in [5.74, 6) is -0.796. The normalized spacial score (nSPS) is 11.8. The van der Waals surface area contributed by atoms with E-state index in [1.54, 1.807) is 32.2 Å². The lowest BCUT2D eigenvalue weighted by atomic mass is 10.1. The maximum atomic E-state index is 11.7. The Hall–Kier alpha value is -2.31. The first-order chi connectivity index (χ1) is 9.43. The maximum absolute atomic E-state index is 11.7. The second-order valence-electron chi connectivity index (χ2n) is 4.59. The Morgan fingerprint density at radius 2 is 2.15 bits per heavy atom. The van der Waals surface area contributed by atoms with Gasteiger partial charge in [-0.3, -0.25) is 0 Å². The Morgan fingerprint density at radius 3 is 2.70 bits per heavy atom. The second-order valence-corrected chi connectivity index (χ2v) is 4.59. The minimum atomic E-state index is -1.05. The van der Waals surface area contributed by atoms with Gasteiger partial charge in [0.2, 0.25) is 5.88 Å². The monoisotopic (exact) mass is 281 g/mol. The summed E-state index contributed by atoms with van der Waals surface area (Å²) in [5, 5.41) is 14.0. The average Bonchev–Trinajstić information content (AvgIpc) is 2.42. The molecular weight excluding hydrogens is 262 g/mol. The third kappa shape index (κ3) is 4.75. The number of nitrogens with one attached hydrogen (secondary N) is 2. The maximum Gasteiger partial charge on any atom is 0.326 e. The van der Waals surface area contributed by atoms with Crippen molar-refractivity contribution in [2.24, 2.45) is 5.92 Å². The number of carbonyl (C=O) groups is 2. The van der Waals surface area contributed by atoms with Crippen LogP contribution in [-0.2, 0) is 11.3 Å². The van der Waals surface area contributed by atoms with E-state index in [0.29, 0.717) is 5.88 Å². The topological polar surface area (TPSA) is 101 Å². The summed E-state index contributed by atoms with van der Waals surface area (Å²) in [6, 6.07) is 1.99. The Labute approximate surface area is 117 Å². The molecular formula is C13H19N3O4. The number of aliphatic carboxylic acids is 1. The zero-order valence-electron chi connectivity index (χ0n) is 11.7. The average molecular weight is 281 g/mol. The number of ether oxygens (including phenoxy) is 1. The van der Waals surface area contributed by atoms with Gasteiger partial charge in [-0.25, -0.2) is 14.6 Å². The Balaban J connectivity index is 2.52. The van der Waals surface area contributed by atoms with Gasteiger partial charge in [-0.2, -0.15) is 0 Å². The molecule has 1 rings (SSSR count). The molecule has 110 valence electrons. The number of aromatic nitrogens is 1. The quantitative estimate of drug-likeness (QED) is 0.722. The molecule has 0 unspecified atom stereocenters. The lowest BCUT2D eigenvalue weighted by Gasteiger charge is -2.18. The summed E-state index contributed by atoms with van der Waals surface area (Å²) < 4.78 is 4.97. The Bertz CT molecular complexity index is 476. The SMILES string of the molecule is COc1cc(CNC(=O)N[C@@H](C(=O)O)C(C)C)ccn1. The number of hydrogen-bond acceptors (Lipinski definition) is 4. The minimum Gasteiger partial charge on any atom is -0.481 e. The van der Waals surface area contributed by atoms with Gasteiger partial charge in [-0.15, -0.1) is 0 Å². The van der Waals surface area contributed by atoms with Crippen molar-refractivity contribution in [2.75, 3.05) is 7.11 Å². The highest BCUT2D eigenvalue weighted by atomic mass is 16.5. The molecule has 0 saturated carbocycles. The summed E-state index contributed by atoms with van der Waals surface area (Å²) in [4.78, 5) is 26.6. The van der Waals surface area contributed by atoms with Crippen LogP contribution in [0.3, 0.4) is 0 Å². The number of nitrogens with zero attached hydrogens (tertiary/aromatic N) is 1. The zero-order valence-corrected chi connectivity index (χ0v) is 11.7. The molecule has 0 bridgehead atoms. The van der Waals surface area contributed by atoms with Crippen molar-refractivity contribution in [2.45, 2.75) is 26.4 Å². The third-order valence-corrected chi connectivity index (χ3v) is 2.68. The molecule has 0 saturated heterocycles. The van der Waals surface area contributed by atoms with Gasteiger partial charge >= 0.3 is 12.0 Å². The lowest BCUT2D eigenvalue weighted by molar-refractivity contribution is -0.140. The fraction of sp³-hybridized carbons (Fsp3) is 0.462. The predicted molar refractivity (Wildman–Crippen MR) is 72.4 cm³/mol. The summed E-state index contributed by atoms with van der Waals surface area (Å²) in [6.45, 7) is 3.72. The largest absolute Gasteiger partial charge is 0.481 e. The van der Waals surface area contributed by atoms with Crippen molar-refractivity contribution in [1.29, 1.82) is 0 Å². The van der Waals surface area contributed by atoms with Gasteiger partial charge in [0.05, 0.1) is 7.11 Å². The molecule has 0 aliphatic carbocycles. The van der Waals surface area contributed by atoms with Crippen molar-refractivity contribution in [1.82, 2.24) is 15.6 Å². The fourth-order valence-electron chi connectivity index (χ4n) is 1.56. The van der Waals surface area contributed by atoms with Gasteiger partial charge in [0.1, 0.15) is 6.04 Å². The number of rotatable bonds is 6. The molecule has 0 aliphatic heterocycles. The number of carbonyl (C=O) groups excluding carboxylic acids is 1. The van der Waals surface area contributed by atoms with Gasteiger partial charge in [0.25, 0.3) is 0 Å². The first-order valence-corrected chi connectivity index (χ1v) is 6.20. The van der Waals surface area contributed by atoms with Gasteiger partial charge in [-0.05, 0) is 17.5 Å². The number of pyridine rings is 1. The molecule has 7 nitrogen and oxygen atoms in total. The molecule has 2 amide bonds. The lowest BCUT2D eigenvalue weighted by Crippen LogP contribution is -2.48. The van der Waals surface area contributed by atoms with Crippen LogP contribution in [0.5, 0.6) is 5.88 Å². The zero-order chi connectivity index (χ0) is 15.1. The summed E-state index contributed by atoms with van der Waals surface area (Å²) in [7, 11) is 1.51. The minimum absolute atomic E-state index is 0.195. The number of amides is 2. The van der Waals surface area contributed by atoms with E-state index in [4.69, 9.17) is 9.84 Å². The Morgan fingerprint density at radius 1 is 1.45 bits per heavy atom. The molecule has 1 aromatic rings. The van der Waals surface area contributed by atoms with Crippen molar-refractivity contribution >= 4 is 12.0 Å². The molecule has 0 radical (unpaired) electrons. The molecule has 1 atom stereocenters. The van der Waals surface area contributed by atoms with Crippen LogP contribution in [0, 0.1) is 5.92 Å². The van der Waals surface area contributed by atoms with Crippen LogP contribution in [0.4, 0.5) is 4.79 Å². The number of hydrogen-bond donors (Lipinski definition) is 3. The molecule has 20 heavy (non-hydrogen) atoms. The first kappa shape index (κ1) is 15.7. The highest BCUT2D eigenvalue weighted by Gasteiger charge is 2.23. The smallest absolute Gasteiger partial charge is 0.326 e. The molecule has 0 fully saturated rings. The van der Waals surface area contributed by atoms with Crippen molar-refractivity contribution in [3.05, 3.63) is 23.9 Å². The van der Waals surface area contributed by atoms with E-state index in [1.165, 1.54) is 7.11 Å². The van der Waals surface area contributed by atoms with E-state index >= 15 is 0 Å². The van der Waals surface area contributed by atoms with Gasteiger partial charge in [-0.1, -0.05) is 13.8 Å². The van der Waals surface area contributed by atoms with Crippen LogP contribution >= 0.6 is 0 Å². The molecule has 0 aromatic carbocycles. The van der Waals surface area contributed by atoms with E-state index in [-0.39, 0.29) is 12.5 Å². The van der Waals surface area contributed by atoms with E-state index in [9.17, 15) is 9.59 Å². The van der Waals surface area contributed by atoms with Crippen molar-refractivity contribution in [3.63, 3.8) is 0 Å². The molecule has 1 aromatic heterocycles.